The molecule has 0 aliphatic carbocycles. The number of hydrogen-bond donors (Lipinski definition) is 0. The molecule has 0 aliphatic rings. The number of fused-ring (bicyclic) bond motifs is 6. The van der Waals surface area contributed by atoms with E-state index < -0.39 is 0 Å². The maximum atomic E-state index is 13.5. The van der Waals surface area contributed by atoms with E-state index in [1.165, 1.54) is 11.8 Å². The summed E-state index contributed by atoms with van der Waals surface area (Å²) in [5.74, 6) is 0. The molecule has 10 rings (SSSR count). The van der Waals surface area contributed by atoms with Crippen LogP contribution in [-0.2, 0) is 0 Å². The lowest BCUT2D eigenvalue weighted by atomic mass is 10.0. The fourth-order valence-electron chi connectivity index (χ4n) is 7.19. The number of nitrogens with zero attached hydrogens (tertiary/aromatic N) is 6. The van der Waals surface area contributed by atoms with Crippen molar-refractivity contribution in [3.8, 4) is 33.6 Å². The summed E-state index contributed by atoms with van der Waals surface area (Å²) in [6, 6.07) is 51.9. The number of para-hydroxylation sites is 2. The Hall–Kier alpha value is -6.94. The van der Waals surface area contributed by atoms with E-state index in [9.17, 15) is 9.59 Å². The molecule has 0 bridgehead atoms. The summed E-state index contributed by atoms with van der Waals surface area (Å²) in [6.07, 6.45) is 5.27. The van der Waals surface area contributed by atoms with E-state index in [4.69, 9.17) is 11.6 Å². The Morgan fingerprint density at radius 1 is 0.474 bits per heavy atom. The Balaban J connectivity index is 0.000000148. The Morgan fingerprint density at radius 3 is 1.42 bits per heavy atom. The maximum absolute atomic E-state index is 13.5. The molecule has 0 radical (unpaired) electrons. The lowest BCUT2D eigenvalue weighted by molar-refractivity contribution is 0.980. The molecule has 4 heterocycles. The third-order valence-corrected chi connectivity index (χ3v) is 10.6. The zero-order valence-electron chi connectivity index (χ0n) is 30.5. The van der Waals surface area contributed by atoms with Gasteiger partial charge in [-0.25, -0.2) is 19.9 Å². The number of thioether (sulfide) groups is 1. The molecule has 0 amide bonds. The Labute approximate surface area is 335 Å². The van der Waals surface area contributed by atoms with Crippen LogP contribution in [0, 0.1) is 0 Å². The van der Waals surface area contributed by atoms with Gasteiger partial charge in [0, 0.05) is 45.3 Å². The van der Waals surface area contributed by atoms with Crippen molar-refractivity contribution in [3.63, 3.8) is 0 Å². The van der Waals surface area contributed by atoms with Crippen LogP contribution in [0.2, 0.25) is 5.28 Å². The van der Waals surface area contributed by atoms with Gasteiger partial charge in [-0.05, 0) is 76.5 Å². The van der Waals surface area contributed by atoms with Crippen molar-refractivity contribution in [2.75, 3.05) is 6.26 Å². The predicted molar refractivity (Wildman–Crippen MR) is 233 cm³/mol. The van der Waals surface area contributed by atoms with Gasteiger partial charge in [-0.2, -0.15) is 0 Å². The molecule has 0 fully saturated rings. The van der Waals surface area contributed by atoms with Crippen LogP contribution < -0.4 is 11.1 Å². The van der Waals surface area contributed by atoms with Crippen molar-refractivity contribution in [3.05, 3.63) is 196 Å². The lowest BCUT2D eigenvalue weighted by Gasteiger charge is -2.14. The molecule has 0 saturated carbocycles. The molecule has 0 unspecified atom stereocenters. The van der Waals surface area contributed by atoms with Crippen LogP contribution in [0.1, 0.15) is 0 Å². The quantitative estimate of drug-likeness (QED) is 0.0975. The van der Waals surface area contributed by atoms with Crippen molar-refractivity contribution in [1.29, 1.82) is 0 Å². The second-order valence-electron chi connectivity index (χ2n) is 13.2. The van der Waals surface area contributed by atoms with E-state index in [1.54, 1.807) is 21.5 Å². The summed E-state index contributed by atoms with van der Waals surface area (Å²) >= 11 is 7.40. The number of hydrogen-bond acceptors (Lipinski definition) is 7. The summed E-state index contributed by atoms with van der Waals surface area (Å²) in [7, 11) is 0. The molecule has 0 aliphatic heterocycles. The molecule has 0 saturated heterocycles. The number of rotatable bonds is 5. The predicted octanol–water partition coefficient (Wildman–Crippen LogP) is 10.6. The first-order valence-electron chi connectivity index (χ1n) is 18.1. The number of halogens is 1. The highest BCUT2D eigenvalue weighted by Gasteiger charge is 2.16. The third kappa shape index (κ3) is 6.73. The van der Waals surface area contributed by atoms with E-state index in [0.29, 0.717) is 21.6 Å². The Bertz CT molecular complexity index is 3240. The molecule has 10 aromatic rings. The minimum atomic E-state index is -0.219. The van der Waals surface area contributed by atoms with Crippen LogP contribution in [0.15, 0.2) is 185 Å². The van der Waals surface area contributed by atoms with E-state index >= 15 is 0 Å². The van der Waals surface area contributed by atoms with Gasteiger partial charge in [-0.1, -0.05) is 133 Å². The molecule has 8 nitrogen and oxygen atoms in total. The van der Waals surface area contributed by atoms with Gasteiger partial charge in [0.2, 0.25) is 5.28 Å². The Morgan fingerprint density at radius 2 is 0.912 bits per heavy atom. The van der Waals surface area contributed by atoms with Crippen molar-refractivity contribution in [1.82, 2.24) is 29.1 Å². The lowest BCUT2D eigenvalue weighted by Crippen LogP contribution is -2.20. The van der Waals surface area contributed by atoms with E-state index in [1.807, 2.05) is 146 Å². The van der Waals surface area contributed by atoms with Gasteiger partial charge in [0.25, 0.3) is 11.1 Å². The monoisotopic (exact) mass is 778 g/mol. The normalized spacial score (nSPS) is 11.2. The summed E-state index contributed by atoms with van der Waals surface area (Å²) in [5.41, 5.74) is 7.93. The zero-order chi connectivity index (χ0) is 38.9. The minimum absolute atomic E-state index is 0.0597. The second-order valence-corrected chi connectivity index (χ2v) is 14.3. The molecule has 0 spiro atoms. The number of aromatic nitrogens is 6. The maximum Gasteiger partial charge on any atom is 0.282 e. The largest absolute Gasteiger partial charge is 0.282 e. The summed E-state index contributed by atoms with van der Waals surface area (Å²) in [5, 5.41) is 3.98. The van der Waals surface area contributed by atoms with Crippen LogP contribution in [0.5, 0.6) is 0 Å². The SMILES string of the molecule is CSc1ncc2c(n1)c(=O)n(-c1cccc(-c3ccccc3)c1)c1ccccc21.O=c1c2nc(Cl)ncc2c2ccccc2n1-c1cccc(-c2ccccc2)c1. The standard InChI is InChI=1S/C24H17N3OS.C23H14ClN3O/c1-29-24-25-15-20-19-12-5-6-13-21(19)27(23(28)22(20)26-24)18-11-7-10-17(14-18)16-8-3-2-4-9-16;24-23-25-14-19-18-11-4-5-12-20(18)27(22(28)21(19)26-23)17-10-6-9-16(13-17)15-7-2-1-3-8-15/h2-15H,1H3;1-14H. The van der Waals surface area contributed by atoms with Gasteiger partial charge in [0.15, 0.2) is 5.16 Å². The van der Waals surface area contributed by atoms with Gasteiger partial charge in [0.05, 0.1) is 11.0 Å². The van der Waals surface area contributed by atoms with Gasteiger partial charge in [-0.15, -0.1) is 0 Å². The molecule has 0 N–H and O–H groups in total. The van der Waals surface area contributed by atoms with Crippen LogP contribution in [0.4, 0.5) is 0 Å². The average Bonchev–Trinajstić information content (AvgIpc) is 3.27. The fourth-order valence-corrected chi connectivity index (χ4v) is 7.66. The summed E-state index contributed by atoms with van der Waals surface area (Å²) in [4.78, 5) is 44.1. The first kappa shape index (κ1) is 35.7. The molecular weight excluding hydrogens is 748 g/mol. The summed E-state index contributed by atoms with van der Waals surface area (Å²) < 4.78 is 3.44. The van der Waals surface area contributed by atoms with Gasteiger partial charge in [0.1, 0.15) is 11.0 Å². The van der Waals surface area contributed by atoms with Crippen molar-refractivity contribution < 1.29 is 0 Å². The zero-order valence-corrected chi connectivity index (χ0v) is 32.0. The highest BCUT2D eigenvalue weighted by molar-refractivity contribution is 7.98. The molecule has 57 heavy (non-hydrogen) atoms. The number of benzene rings is 6. The highest BCUT2D eigenvalue weighted by atomic mass is 35.5. The van der Waals surface area contributed by atoms with Gasteiger partial charge < -0.3 is 0 Å². The van der Waals surface area contributed by atoms with E-state index in [2.05, 4.69) is 38.1 Å². The molecule has 6 aromatic carbocycles. The van der Waals surface area contributed by atoms with Crippen LogP contribution >= 0.6 is 23.4 Å². The first-order valence-corrected chi connectivity index (χ1v) is 19.7. The first-order chi connectivity index (χ1) is 28.0. The van der Waals surface area contributed by atoms with Crippen LogP contribution in [0.25, 0.3) is 77.2 Å². The highest BCUT2D eigenvalue weighted by Crippen LogP contribution is 2.29. The average molecular weight is 779 g/mol. The van der Waals surface area contributed by atoms with Crippen LogP contribution in [-0.4, -0.2) is 35.3 Å². The summed E-state index contributed by atoms with van der Waals surface area (Å²) in [6.45, 7) is 0. The Kier molecular flexibility index (Phi) is 9.59. The minimum Gasteiger partial charge on any atom is -0.275 e. The molecule has 10 heteroatoms. The molecule has 0 atom stereocenters. The van der Waals surface area contributed by atoms with Crippen molar-refractivity contribution >= 4 is 67.0 Å². The second kappa shape index (κ2) is 15.3. The third-order valence-electron chi connectivity index (χ3n) is 9.81. The van der Waals surface area contributed by atoms with Crippen molar-refractivity contribution in [2.24, 2.45) is 0 Å². The molecular formula is C47H31ClN6O2S. The van der Waals surface area contributed by atoms with Gasteiger partial charge in [-0.3, -0.25) is 18.7 Å². The fraction of sp³-hybridized carbons (Fsp3) is 0.0213. The molecule has 274 valence electrons. The number of pyridine rings is 2. The molecule has 4 aromatic heterocycles. The topological polar surface area (TPSA) is 95.6 Å². The van der Waals surface area contributed by atoms with Crippen LogP contribution in [0.3, 0.4) is 0 Å². The van der Waals surface area contributed by atoms with E-state index in [0.717, 1.165) is 60.8 Å². The smallest absolute Gasteiger partial charge is 0.275 e. The van der Waals surface area contributed by atoms with Gasteiger partial charge >= 0.3 is 0 Å². The van der Waals surface area contributed by atoms with E-state index in [-0.39, 0.29) is 16.4 Å². The van der Waals surface area contributed by atoms with Crippen molar-refractivity contribution in [2.45, 2.75) is 5.16 Å².